The second-order valence-corrected chi connectivity index (χ2v) is 19.2. The van der Waals surface area contributed by atoms with Crippen molar-refractivity contribution in [1.82, 2.24) is 0 Å². The van der Waals surface area contributed by atoms with Gasteiger partial charge in [0.15, 0.2) is 0 Å². The highest BCUT2D eigenvalue weighted by Crippen LogP contribution is 2.39. The number of benzene rings is 2. The summed E-state index contributed by atoms with van der Waals surface area (Å²) in [4.78, 5) is 10.8. The lowest BCUT2D eigenvalue weighted by atomic mass is 10.1. The van der Waals surface area contributed by atoms with E-state index in [0.717, 1.165) is 39.3 Å². The maximum absolute atomic E-state index is 5.93. The van der Waals surface area contributed by atoms with Crippen LogP contribution in [0.15, 0.2) is 97.1 Å². The molecule has 0 bridgehead atoms. The molecule has 0 N–H and O–H groups in total. The van der Waals surface area contributed by atoms with Gasteiger partial charge in [-0.15, -0.1) is 45.3 Å². The molecule has 0 amide bonds. The van der Waals surface area contributed by atoms with Gasteiger partial charge in [-0.2, -0.15) is 0 Å². The van der Waals surface area contributed by atoms with Gasteiger partial charge in [-0.05, 0) is 83.6 Å². The fourth-order valence-corrected chi connectivity index (χ4v) is 10.9. The monoisotopic (exact) mass is 820 g/mol. The van der Waals surface area contributed by atoms with Gasteiger partial charge in [0.25, 0.3) is 0 Å². The fourth-order valence-electron chi connectivity index (χ4n) is 6.77. The zero-order valence-corrected chi connectivity index (χ0v) is 36.8. The Morgan fingerprint density at radius 1 is 0.357 bits per heavy atom. The number of hydrogen-bond donors (Lipinski definition) is 0. The van der Waals surface area contributed by atoms with E-state index in [1.807, 2.05) is 45.3 Å². The molecule has 0 saturated heterocycles. The fraction of sp³-hybridized carbons (Fsp3) is 0.400. The molecule has 0 fully saturated rings. The molecule has 6 aromatic rings. The Hall–Kier alpha value is -3.10. The molecule has 0 aliphatic rings. The molecule has 0 unspecified atom stereocenters. The zero-order chi connectivity index (χ0) is 38.6. The molecule has 0 radical (unpaired) electrons. The molecule has 0 aliphatic carbocycles. The van der Waals surface area contributed by atoms with E-state index < -0.39 is 0 Å². The molecule has 2 aromatic carbocycles. The predicted molar refractivity (Wildman–Crippen MR) is 251 cm³/mol. The Kier molecular flexibility index (Phi) is 18.2. The van der Waals surface area contributed by atoms with E-state index in [4.69, 9.17) is 9.47 Å². The van der Waals surface area contributed by atoms with Crippen molar-refractivity contribution in [3.05, 3.63) is 118 Å². The lowest BCUT2D eigenvalue weighted by molar-refractivity contribution is 0.133. The first-order valence-corrected chi connectivity index (χ1v) is 24.4. The lowest BCUT2D eigenvalue weighted by Gasteiger charge is -2.03. The maximum atomic E-state index is 5.93. The second kappa shape index (κ2) is 24.0. The highest BCUT2D eigenvalue weighted by atomic mass is 32.1. The first-order chi connectivity index (χ1) is 27.7. The normalized spacial score (nSPS) is 11.7. The molecule has 0 saturated carbocycles. The summed E-state index contributed by atoms with van der Waals surface area (Å²) in [5.74, 6) is 0. The topological polar surface area (TPSA) is 18.5 Å². The average Bonchev–Trinajstić information content (AvgIpc) is 4.07. The predicted octanol–water partition coefficient (Wildman–Crippen LogP) is 16.6. The van der Waals surface area contributed by atoms with Gasteiger partial charge in [0.1, 0.15) is 0 Å². The van der Waals surface area contributed by atoms with Gasteiger partial charge in [-0.25, -0.2) is 0 Å². The van der Waals surface area contributed by atoms with E-state index >= 15 is 0 Å². The van der Waals surface area contributed by atoms with Gasteiger partial charge in [0.2, 0.25) is 0 Å². The average molecular weight is 821 g/mol. The van der Waals surface area contributed by atoms with Crippen LogP contribution in [0.1, 0.15) is 112 Å². The molecule has 6 heteroatoms. The molecule has 4 aromatic heterocycles. The molecule has 6 rings (SSSR count). The van der Waals surface area contributed by atoms with Crippen molar-refractivity contribution in [3.63, 3.8) is 0 Å². The van der Waals surface area contributed by atoms with E-state index in [1.54, 1.807) is 0 Å². The van der Waals surface area contributed by atoms with Crippen LogP contribution < -0.4 is 0 Å². The van der Waals surface area contributed by atoms with Crippen molar-refractivity contribution in [2.24, 2.45) is 0 Å². The molecular formula is C50H60O2S4. The standard InChI is InChI=1S/C50H60O2S4/c1-3-5-7-9-11-13-35-51-37-33-43-25-27-47(53-43)49-31-29-45(55-49)41-21-17-39(18-22-41)15-16-40-19-23-42(24-20-40)46-30-32-50(56-46)48-28-26-44(54-48)34-38-52-36-14-12-10-8-6-4-2/h15-32H,3-14,33-38H2,1-2H3/b16-15+. The van der Waals surface area contributed by atoms with Crippen LogP contribution in [0, 0.1) is 0 Å². The summed E-state index contributed by atoms with van der Waals surface area (Å²) in [7, 11) is 0. The van der Waals surface area contributed by atoms with Crippen LogP contribution in [0.5, 0.6) is 0 Å². The number of hydrogen-bond acceptors (Lipinski definition) is 6. The van der Waals surface area contributed by atoms with Crippen LogP contribution in [0.25, 0.3) is 52.5 Å². The van der Waals surface area contributed by atoms with Gasteiger partial charge in [-0.1, -0.05) is 139 Å². The van der Waals surface area contributed by atoms with Gasteiger partial charge < -0.3 is 9.47 Å². The van der Waals surface area contributed by atoms with E-state index in [-0.39, 0.29) is 0 Å². The van der Waals surface area contributed by atoms with Crippen LogP contribution in [0.3, 0.4) is 0 Å². The van der Waals surface area contributed by atoms with Crippen molar-refractivity contribution in [1.29, 1.82) is 0 Å². The third kappa shape index (κ3) is 13.8. The molecule has 0 spiro atoms. The summed E-state index contributed by atoms with van der Waals surface area (Å²) in [6.45, 7) is 7.97. The summed E-state index contributed by atoms with van der Waals surface area (Å²) >= 11 is 7.56. The number of rotatable bonds is 26. The summed E-state index contributed by atoms with van der Waals surface area (Å²) < 4.78 is 11.9. The van der Waals surface area contributed by atoms with Crippen LogP contribution in [0.4, 0.5) is 0 Å². The molecule has 0 atom stereocenters. The summed E-state index contributed by atoms with van der Waals surface area (Å²) in [5.41, 5.74) is 4.95. The van der Waals surface area contributed by atoms with Gasteiger partial charge >= 0.3 is 0 Å². The smallest absolute Gasteiger partial charge is 0.0514 e. The Labute approximate surface area is 353 Å². The molecule has 296 valence electrons. The zero-order valence-electron chi connectivity index (χ0n) is 33.6. The van der Waals surface area contributed by atoms with Crippen molar-refractivity contribution in [2.45, 2.75) is 104 Å². The summed E-state index contributed by atoms with van der Waals surface area (Å²) in [5, 5.41) is 0. The third-order valence-corrected chi connectivity index (χ3v) is 15.1. The minimum Gasteiger partial charge on any atom is -0.381 e. The largest absolute Gasteiger partial charge is 0.381 e. The SMILES string of the molecule is CCCCCCCCOCCc1ccc(-c2ccc(-c3ccc(/C=C/c4ccc(-c5ccc(-c6ccc(CCOCCCCCCCC)s6)s5)cc4)cc3)s2)s1. The molecule has 4 heterocycles. The number of unbranched alkanes of at least 4 members (excludes halogenated alkanes) is 10. The summed E-state index contributed by atoms with van der Waals surface area (Å²) in [6, 6.07) is 36.0. The molecule has 56 heavy (non-hydrogen) atoms. The third-order valence-electron chi connectivity index (χ3n) is 10.1. The summed E-state index contributed by atoms with van der Waals surface area (Å²) in [6.07, 6.45) is 22.1. The highest BCUT2D eigenvalue weighted by Gasteiger charge is 2.10. The van der Waals surface area contributed by atoms with Crippen molar-refractivity contribution in [2.75, 3.05) is 26.4 Å². The minimum atomic E-state index is 0.820. The van der Waals surface area contributed by atoms with Gasteiger partial charge in [-0.3, -0.25) is 0 Å². The molecule has 0 aliphatic heterocycles. The van der Waals surface area contributed by atoms with Crippen LogP contribution in [0.2, 0.25) is 0 Å². The minimum absolute atomic E-state index is 0.820. The molecular weight excluding hydrogens is 761 g/mol. The van der Waals surface area contributed by atoms with Crippen LogP contribution in [-0.4, -0.2) is 26.4 Å². The van der Waals surface area contributed by atoms with Crippen LogP contribution >= 0.6 is 45.3 Å². The maximum Gasteiger partial charge on any atom is 0.0514 e. The van der Waals surface area contributed by atoms with Crippen LogP contribution in [-0.2, 0) is 22.3 Å². The number of thiophene rings is 4. The van der Waals surface area contributed by atoms with E-state index in [1.165, 1.54) is 138 Å². The van der Waals surface area contributed by atoms with Crippen molar-refractivity contribution in [3.8, 4) is 40.4 Å². The Morgan fingerprint density at radius 2 is 0.714 bits per heavy atom. The van der Waals surface area contributed by atoms with Crippen molar-refractivity contribution >= 4 is 57.5 Å². The Bertz CT molecular complexity index is 1840. The van der Waals surface area contributed by atoms with Crippen molar-refractivity contribution < 1.29 is 9.47 Å². The van der Waals surface area contributed by atoms with E-state index in [0.29, 0.717) is 0 Å². The van der Waals surface area contributed by atoms with Gasteiger partial charge in [0, 0.05) is 65.1 Å². The second-order valence-electron chi connectivity index (χ2n) is 14.7. The first kappa shape index (κ1) is 42.5. The first-order valence-electron chi connectivity index (χ1n) is 21.1. The quantitative estimate of drug-likeness (QED) is 0.0401. The van der Waals surface area contributed by atoms with Gasteiger partial charge in [0.05, 0.1) is 13.2 Å². The highest BCUT2D eigenvalue weighted by molar-refractivity contribution is 7.24. The Morgan fingerprint density at radius 3 is 1.14 bits per heavy atom. The Balaban J connectivity index is 0.922. The van der Waals surface area contributed by atoms with E-state index in [9.17, 15) is 0 Å². The van der Waals surface area contributed by atoms with E-state index in [2.05, 4.69) is 123 Å². The number of ether oxygens (including phenoxy) is 2. The molecule has 2 nitrogen and oxygen atoms in total. The lowest BCUT2D eigenvalue weighted by Crippen LogP contribution is -1.99.